The van der Waals surface area contributed by atoms with E-state index in [1.54, 1.807) is 36.3 Å². The van der Waals surface area contributed by atoms with Crippen molar-refractivity contribution in [2.24, 2.45) is 11.1 Å². The van der Waals surface area contributed by atoms with Crippen molar-refractivity contribution in [2.45, 2.75) is 43.9 Å². The van der Waals surface area contributed by atoms with Crippen LogP contribution in [0.5, 0.6) is 5.75 Å². The average Bonchev–Trinajstić information content (AvgIpc) is 3.39. The standard InChI is InChI=1S/C30H29N5O3S2/c1-17-5-7-19(8-6-17)25-21(15-31)27(32)35(22-13-30(2,3)14-23(36)26(22)25)28-33-34-29(40-28)39-16-24(37)18-9-11-20(38-4)12-10-18/h5-12,25H,13-14,16,32H2,1-4H3. The first kappa shape index (κ1) is 27.6. The minimum Gasteiger partial charge on any atom is -0.497 e. The van der Waals surface area contributed by atoms with Gasteiger partial charge in [-0.2, -0.15) is 5.26 Å². The number of hydrogen-bond acceptors (Lipinski definition) is 10. The monoisotopic (exact) mass is 571 g/mol. The zero-order valence-electron chi connectivity index (χ0n) is 22.7. The van der Waals surface area contributed by atoms with Gasteiger partial charge in [0.05, 0.1) is 30.4 Å². The number of anilines is 1. The summed E-state index contributed by atoms with van der Waals surface area (Å²) in [6, 6.07) is 17.1. The number of carbonyl (C=O) groups excluding carboxylic acids is 2. The third-order valence-electron chi connectivity index (χ3n) is 7.12. The van der Waals surface area contributed by atoms with Gasteiger partial charge < -0.3 is 10.5 Å². The third-order valence-corrected chi connectivity index (χ3v) is 9.16. The molecule has 0 spiro atoms. The molecule has 0 bridgehead atoms. The van der Waals surface area contributed by atoms with Crippen molar-refractivity contribution in [3.05, 3.63) is 87.9 Å². The summed E-state index contributed by atoms with van der Waals surface area (Å²) in [5, 5.41) is 19.4. The summed E-state index contributed by atoms with van der Waals surface area (Å²) in [7, 11) is 1.58. The topological polar surface area (TPSA) is 122 Å². The Labute approximate surface area is 241 Å². The molecule has 204 valence electrons. The lowest BCUT2D eigenvalue weighted by Crippen LogP contribution is -2.42. The number of Topliss-reactive ketones (excluding diaryl/α,β-unsaturated/α-hetero) is 2. The van der Waals surface area contributed by atoms with Crippen LogP contribution in [0, 0.1) is 23.7 Å². The first-order chi connectivity index (χ1) is 19.1. The number of methoxy groups -OCH3 is 1. The number of aromatic nitrogens is 2. The largest absolute Gasteiger partial charge is 0.497 e. The van der Waals surface area contributed by atoms with Crippen molar-refractivity contribution in [1.82, 2.24) is 10.2 Å². The van der Waals surface area contributed by atoms with E-state index >= 15 is 0 Å². The fourth-order valence-electron chi connectivity index (χ4n) is 5.16. The van der Waals surface area contributed by atoms with Crippen molar-refractivity contribution in [1.29, 1.82) is 5.26 Å². The molecule has 40 heavy (non-hydrogen) atoms. The highest BCUT2D eigenvalue weighted by atomic mass is 32.2. The molecule has 5 rings (SSSR count). The van der Waals surface area contributed by atoms with E-state index in [2.05, 4.69) is 30.1 Å². The van der Waals surface area contributed by atoms with Gasteiger partial charge in [0.2, 0.25) is 5.13 Å². The molecule has 0 saturated carbocycles. The van der Waals surface area contributed by atoms with Crippen LogP contribution in [0.1, 0.15) is 54.1 Å². The van der Waals surface area contributed by atoms with Crippen LogP contribution in [0.25, 0.3) is 0 Å². The average molecular weight is 572 g/mol. The van der Waals surface area contributed by atoms with Crippen LogP contribution >= 0.6 is 23.1 Å². The molecule has 0 radical (unpaired) electrons. The summed E-state index contributed by atoms with van der Waals surface area (Å²) in [5.41, 5.74) is 10.6. The number of nitrogens with two attached hydrogens (primary N) is 1. The fraction of sp³-hybridized carbons (Fsp3) is 0.300. The predicted molar refractivity (Wildman–Crippen MR) is 156 cm³/mol. The van der Waals surface area contributed by atoms with Gasteiger partial charge in [-0.15, -0.1) is 10.2 Å². The number of ketones is 2. The lowest BCUT2D eigenvalue weighted by Gasteiger charge is -2.42. The van der Waals surface area contributed by atoms with E-state index in [0.29, 0.717) is 44.8 Å². The molecule has 1 unspecified atom stereocenters. The number of thioether (sulfide) groups is 1. The molecule has 1 aliphatic heterocycles. The Morgan fingerprint density at radius 3 is 2.52 bits per heavy atom. The zero-order valence-corrected chi connectivity index (χ0v) is 24.4. The highest BCUT2D eigenvalue weighted by Gasteiger charge is 2.45. The minimum atomic E-state index is -0.538. The molecule has 10 heteroatoms. The Balaban J connectivity index is 1.48. The van der Waals surface area contributed by atoms with E-state index in [9.17, 15) is 14.9 Å². The highest BCUT2D eigenvalue weighted by Crippen LogP contribution is 2.50. The number of hydrogen-bond donors (Lipinski definition) is 1. The molecular weight excluding hydrogens is 542 g/mol. The van der Waals surface area contributed by atoms with E-state index in [1.165, 1.54) is 23.1 Å². The van der Waals surface area contributed by atoms with Crippen molar-refractivity contribution in [3.63, 3.8) is 0 Å². The molecule has 2 N–H and O–H groups in total. The molecule has 2 aliphatic rings. The van der Waals surface area contributed by atoms with Crippen LogP contribution < -0.4 is 15.4 Å². The highest BCUT2D eigenvalue weighted by molar-refractivity contribution is 8.01. The van der Waals surface area contributed by atoms with Gasteiger partial charge in [0.15, 0.2) is 15.9 Å². The number of allylic oxidation sites excluding steroid dienone is 3. The van der Waals surface area contributed by atoms with Gasteiger partial charge in [0.1, 0.15) is 11.6 Å². The van der Waals surface area contributed by atoms with Crippen molar-refractivity contribution in [3.8, 4) is 11.8 Å². The Bertz CT molecular complexity index is 1580. The fourth-order valence-corrected chi connectivity index (χ4v) is 6.93. The molecule has 3 aromatic rings. The summed E-state index contributed by atoms with van der Waals surface area (Å²) >= 11 is 2.57. The number of rotatable bonds is 7. The van der Waals surface area contributed by atoms with Crippen LogP contribution in [-0.4, -0.2) is 34.6 Å². The molecule has 1 aromatic heterocycles. The molecule has 8 nitrogen and oxygen atoms in total. The molecular formula is C30H29N5O3S2. The van der Waals surface area contributed by atoms with Crippen LogP contribution in [-0.2, 0) is 4.79 Å². The molecule has 0 amide bonds. The number of carbonyl (C=O) groups is 2. The quantitative estimate of drug-likeness (QED) is 0.278. The lowest BCUT2D eigenvalue weighted by atomic mass is 9.68. The van der Waals surface area contributed by atoms with E-state index in [4.69, 9.17) is 10.5 Å². The van der Waals surface area contributed by atoms with Crippen molar-refractivity contribution in [2.75, 3.05) is 17.8 Å². The van der Waals surface area contributed by atoms with Crippen LogP contribution in [0.15, 0.2) is 75.5 Å². The van der Waals surface area contributed by atoms with Gasteiger partial charge in [0, 0.05) is 23.3 Å². The van der Waals surface area contributed by atoms with Crippen molar-refractivity contribution < 1.29 is 14.3 Å². The second-order valence-corrected chi connectivity index (χ2v) is 12.9. The van der Waals surface area contributed by atoms with E-state index < -0.39 is 5.92 Å². The van der Waals surface area contributed by atoms with E-state index in [0.717, 1.165) is 16.8 Å². The summed E-state index contributed by atoms with van der Waals surface area (Å²) in [6.45, 7) is 6.11. The number of nitriles is 1. The van der Waals surface area contributed by atoms with Gasteiger partial charge >= 0.3 is 0 Å². The minimum absolute atomic E-state index is 0.00581. The third kappa shape index (κ3) is 5.27. The number of benzene rings is 2. The molecule has 2 heterocycles. The van der Waals surface area contributed by atoms with E-state index in [-0.39, 0.29) is 28.6 Å². The summed E-state index contributed by atoms with van der Waals surface area (Å²) < 4.78 is 5.75. The Morgan fingerprint density at radius 2 is 1.88 bits per heavy atom. The Morgan fingerprint density at radius 1 is 1.18 bits per heavy atom. The molecule has 1 atom stereocenters. The van der Waals surface area contributed by atoms with Crippen LogP contribution in [0.4, 0.5) is 5.13 Å². The smallest absolute Gasteiger partial charge is 0.219 e. The van der Waals surface area contributed by atoms with Gasteiger partial charge in [-0.05, 0) is 48.6 Å². The van der Waals surface area contributed by atoms with Gasteiger partial charge in [-0.3, -0.25) is 14.5 Å². The second kappa shape index (κ2) is 10.9. The first-order valence-electron chi connectivity index (χ1n) is 12.8. The number of nitrogens with zero attached hydrogens (tertiary/aromatic N) is 4. The maximum absolute atomic E-state index is 13.7. The van der Waals surface area contributed by atoms with Gasteiger partial charge in [-0.1, -0.05) is 66.8 Å². The first-order valence-corrected chi connectivity index (χ1v) is 14.6. The Hall–Kier alpha value is -3.94. The van der Waals surface area contributed by atoms with Gasteiger partial charge in [-0.25, -0.2) is 0 Å². The van der Waals surface area contributed by atoms with Crippen LogP contribution in [0.3, 0.4) is 0 Å². The SMILES string of the molecule is COc1ccc(C(=O)CSc2nnc(N3C(N)=C(C#N)C(c4ccc(C)cc4)C4=C3CC(C)(C)CC4=O)s2)cc1. The normalized spacial score (nSPS) is 18.4. The van der Waals surface area contributed by atoms with E-state index in [1.807, 2.05) is 31.2 Å². The lowest BCUT2D eigenvalue weighted by molar-refractivity contribution is -0.118. The maximum atomic E-state index is 13.7. The predicted octanol–water partition coefficient (Wildman–Crippen LogP) is 5.77. The summed E-state index contributed by atoms with van der Waals surface area (Å²) in [6.07, 6.45) is 0.971. The number of ether oxygens (including phenoxy) is 1. The second-order valence-electron chi connectivity index (χ2n) is 10.7. The van der Waals surface area contributed by atoms with Crippen molar-refractivity contribution >= 4 is 39.8 Å². The number of aryl methyl sites for hydroxylation is 1. The molecule has 0 saturated heterocycles. The maximum Gasteiger partial charge on any atom is 0.219 e. The molecule has 1 aliphatic carbocycles. The Kier molecular flexibility index (Phi) is 7.53. The summed E-state index contributed by atoms with van der Waals surface area (Å²) in [5.74, 6) is 0.545. The molecule has 0 fully saturated rings. The van der Waals surface area contributed by atoms with Gasteiger partial charge in [0.25, 0.3) is 0 Å². The summed E-state index contributed by atoms with van der Waals surface area (Å²) in [4.78, 5) is 28.1. The molecule has 2 aromatic carbocycles. The van der Waals surface area contributed by atoms with Crippen LogP contribution in [0.2, 0.25) is 0 Å². The zero-order chi connectivity index (χ0) is 28.6.